The van der Waals surface area contributed by atoms with Crippen molar-refractivity contribution >= 4 is 11.6 Å². The maximum absolute atomic E-state index is 12.4. The first-order chi connectivity index (χ1) is 9.72. The fraction of sp³-hybridized carbons (Fsp3) is 0.562. The predicted octanol–water partition coefficient (Wildman–Crippen LogP) is 1.20. The minimum atomic E-state index is -0.0250. The Bertz CT molecular complexity index is 555. The molecular weight excluding hydrogens is 252 g/mol. The average Bonchev–Trinajstić information content (AvgIpc) is 3.27. The number of anilines is 1. The van der Waals surface area contributed by atoms with Crippen LogP contribution in [0.25, 0.3) is 0 Å². The summed E-state index contributed by atoms with van der Waals surface area (Å²) in [5.41, 5.74) is 2.52. The molecule has 1 saturated heterocycles. The van der Waals surface area contributed by atoms with Gasteiger partial charge in [0.2, 0.25) is 5.91 Å². The molecule has 2 fully saturated rings. The van der Waals surface area contributed by atoms with Gasteiger partial charge in [-0.3, -0.25) is 4.79 Å². The van der Waals surface area contributed by atoms with Crippen LogP contribution in [0.2, 0.25) is 0 Å². The van der Waals surface area contributed by atoms with Crippen molar-refractivity contribution in [3.63, 3.8) is 0 Å². The summed E-state index contributed by atoms with van der Waals surface area (Å²) in [6.07, 6.45) is 2.05. The number of likely N-dealkylation sites (tertiary alicyclic amines) is 1. The fourth-order valence-electron chi connectivity index (χ4n) is 3.93. The third-order valence-corrected chi connectivity index (χ3v) is 5.08. The number of hydrogen-bond donors (Lipinski definition) is 1. The highest BCUT2D eigenvalue weighted by atomic mass is 16.3. The summed E-state index contributed by atoms with van der Waals surface area (Å²) in [6, 6.07) is 8.59. The maximum Gasteiger partial charge on any atom is 0.226 e. The van der Waals surface area contributed by atoms with E-state index in [9.17, 15) is 9.90 Å². The summed E-state index contributed by atoms with van der Waals surface area (Å²) in [5.74, 6) is 0.792. The molecule has 0 radical (unpaired) electrons. The highest BCUT2D eigenvalue weighted by Gasteiger charge is 2.55. The average molecular weight is 272 g/mol. The molecule has 3 atom stereocenters. The Labute approximate surface area is 119 Å². The molecule has 4 heteroatoms. The smallest absolute Gasteiger partial charge is 0.226 e. The summed E-state index contributed by atoms with van der Waals surface area (Å²) in [6.45, 7) is 0.939. The molecule has 1 amide bonds. The first-order valence-corrected chi connectivity index (χ1v) is 7.45. The third kappa shape index (κ3) is 1.54. The first kappa shape index (κ1) is 12.2. The molecular formula is C16H20N2O2. The largest absolute Gasteiger partial charge is 0.394 e. The summed E-state index contributed by atoms with van der Waals surface area (Å²) >= 11 is 0. The molecule has 4 nitrogen and oxygen atoms in total. The number of carbonyl (C=O) groups is 1. The molecule has 106 valence electrons. The lowest BCUT2D eigenvalue weighted by Crippen LogP contribution is -2.70. The number of rotatable bonds is 2. The van der Waals surface area contributed by atoms with Crippen LogP contribution in [-0.4, -0.2) is 48.2 Å². The zero-order chi connectivity index (χ0) is 13.9. The number of aliphatic hydroxyl groups excluding tert-OH is 1. The van der Waals surface area contributed by atoms with Crippen LogP contribution in [0.5, 0.6) is 0 Å². The van der Waals surface area contributed by atoms with Crippen LogP contribution in [0.15, 0.2) is 24.3 Å². The van der Waals surface area contributed by atoms with E-state index < -0.39 is 0 Å². The van der Waals surface area contributed by atoms with Gasteiger partial charge in [-0.05, 0) is 24.5 Å². The summed E-state index contributed by atoms with van der Waals surface area (Å²) in [4.78, 5) is 16.6. The monoisotopic (exact) mass is 272 g/mol. The van der Waals surface area contributed by atoms with E-state index in [0.717, 1.165) is 19.4 Å². The van der Waals surface area contributed by atoms with Gasteiger partial charge in [-0.2, -0.15) is 0 Å². The molecule has 1 aromatic rings. The van der Waals surface area contributed by atoms with Crippen LogP contribution in [0, 0.1) is 5.92 Å². The van der Waals surface area contributed by atoms with E-state index in [1.165, 1.54) is 11.3 Å². The van der Waals surface area contributed by atoms with Gasteiger partial charge >= 0.3 is 0 Å². The van der Waals surface area contributed by atoms with Crippen molar-refractivity contribution in [2.24, 2.45) is 5.92 Å². The number of amides is 1. The van der Waals surface area contributed by atoms with Crippen LogP contribution >= 0.6 is 0 Å². The lowest BCUT2D eigenvalue weighted by atomic mass is 9.72. The second kappa shape index (κ2) is 4.22. The molecule has 0 aromatic heterocycles. The number of nitrogens with zero attached hydrogens (tertiary/aromatic N) is 2. The number of benzene rings is 1. The molecule has 3 aliphatic rings. The van der Waals surface area contributed by atoms with Crippen LogP contribution in [-0.2, 0) is 4.79 Å². The minimum absolute atomic E-state index is 0.0250. The van der Waals surface area contributed by atoms with Crippen LogP contribution < -0.4 is 4.90 Å². The Morgan fingerprint density at radius 2 is 2.10 bits per heavy atom. The van der Waals surface area contributed by atoms with Crippen molar-refractivity contribution in [1.29, 1.82) is 0 Å². The second-order valence-corrected chi connectivity index (χ2v) is 6.30. The SMILES string of the molecule is CN1C[C@@H]2[C@H](c3ccccc31)[C@H](CO)N2C(=O)C1CC1. The maximum atomic E-state index is 12.4. The number of carbonyl (C=O) groups excluding carboxylic acids is 1. The second-order valence-electron chi connectivity index (χ2n) is 6.30. The van der Waals surface area contributed by atoms with E-state index in [0.29, 0.717) is 5.92 Å². The quantitative estimate of drug-likeness (QED) is 0.880. The Hall–Kier alpha value is -1.55. The molecule has 1 aromatic carbocycles. The molecule has 1 N–H and O–H groups in total. The van der Waals surface area contributed by atoms with Gasteiger partial charge < -0.3 is 14.9 Å². The molecule has 0 unspecified atom stereocenters. The van der Waals surface area contributed by atoms with Crippen LogP contribution in [0.4, 0.5) is 5.69 Å². The number of likely N-dealkylation sites (N-methyl/N-ethyl adjacent to an activating group) is 1. The Kier molecular flexibility index (Phi) is 2.58. The lowest BCUT2D eigenvalue weighted by Gasteiger charge is -2.59. The Balaban J connectivity index is 1.69. The number of fused-ring (bicyclic) bond motifs is 3. The summed E-state index contributed by atoms with van der Waals surface area (Å²) < 4.78 is 0. The standard InChI is InChI=1S/C16H20N2O2/c1-17-8-13-15(11-4-2-3-5-12(11)17)14(9-19)18(13)16(20)10-6-7-10/h2-5,10,13-15,19H,6-9H2,1H3/t13-,14+,15+/m1/s1. The van der Waals surface area contributed by atoms with E-state index in [1.54, 1.807) is 0 Å². The van der Waals surface area contributed by atoms with Crippen molar-refractivity contribution in [1.82, 2.24) is 4.90 Å². The van der Waals surface area contributed by atoms with Crippen LogP contribution in [0.1, 0.15) is 24.3 Å². The number of hydrogen-bond acceptors (Lipinski definition) is 3. The molecule has 0 bridgehead atoms. The molecule has 0 spiro atoms. The molecule has 2 aliphatic heterocycles. The van der Waals surface area contributed by atoms with Gasteiger partial charge in [0.25, 0.3) is 0 Å². The van der Waals surface area contributed by atoms with E-state index in [2.05, 4.69) is 36.2 Å². The van der Waals surface area contributed by atoms with E-state index in [4.69, 9.17) is 0 Å². The first-order valence-electron chi connectivity index (χ1n) is 7.45. The van der Waals surface area contributed by atoms with Crippen LogP contribution in [0.3, 0.4) is 0 Å². The van der Waals surface area contributed by atoms with Gasteiger partial charge in [-0.15, -0.1) is 0 Å². The summed E-state index contributed by atoms with van der Waals surface area (Å²) in [5, 5.41) is 9.73. The summed E-state index contributed by atoms with van der Waals surface area (Å²) in [7, 11) is 2.08. The number of aliphatic hydroxyl groups is 1. The molecule has 1 saturated carbocycles. The van der Waals surface area contributed by atoms with Gasteiger partial charge in [-0.25, -0.2) is 0 Å². The van der Waals surface area contributed by atoms with Crippen molar-refractivity contribution in [2.75, 3.05) is 25.1 Å². The predicted molar refractivity (Wildman–Crippen MR) is 76.7 cm³/mol. The molecule has 1 aliphatic carbocycles. The topological polar surface area (TPSA) is 43.8 Å². The zero-order valence-electron chi connectivity index (χ0n) is 11.7. The fourth-order valence-corrected chi connectivity index (χ4v) is 3.93. The van der Waals surface area contributed by atoms with Gasteiger partial charge in [0, 0.05) is 31.1 Å². The van der Waals surface area contributed by atoms with Crippen molar-refractivity contribution in [2.45, 2.75) is 30.8 Å². The van der Waals surface area contributed by atoms with Crippen molar-refractivity contribution < 1.29 is 9.90 Å². The van der Waals surface area contributed by atoms with E-state index in [1.807, 2.05) is 4.90 Å². The lowest BCUT2D eigenvalue weighted by molar-refractivity contribution is -0.151. The molecule has 4 rings (SSSR count). The zero-order valence-corrected chi connectivity index (χ0v) is 11.7. The Morgan fingerprint density at radius 3 is 2.80 bits per heavy atom. The van der Waals surface area contributed by atoms with Gasteiger partial charge in [0.15, 0.2) is 0 Å². The number of para-hydroxylation sites is 1. The molecule has 20 heavy (non-hydrogen) atoms. The van der Waals surface area contributed by atoms with E-state index in [-0.39, 0.29) is 30.5 Å². The van der Waals surface area contributed by atoms with Crippen molar-refractivity contribution in [3.05, 3.63) is 29.8 Å². The van der Waals surface area contributed by atoms with Gasteiger partial charge in [0.05, 0.1) is 18.7 Å². The Morgan fingerprint density at radius 1 is 1.35 bits per heavy atom. The van der Waals surface area contributed by atoms with E-state index >= 15 is 0 Å². The highest BCUT2D eigenvalue weighted by molar-refractivity contribution is 5.84. The minimum Gasteiger partial charge on any atom is -0.394 e. The normalized spacial score (nSPS) is 31.4. The third-order valence-electron chi connectivity index (χ3n) is 5.08. The van der Waals surface area contributed by atoms with Crippen molar-refractivity contribution in [3.8, 4) is 0 Å². The molecule has 2 heterocycles. The highest BCUT2D eigenvalue weighted by Crippen LogP contribution is 2.49. The van der Waals surface area contributed by atoms with Gasteiger partial charge in [-0.1, -0.05) is 18.2 Å². The van der Waals surface area contributed by atoms with Gasteiger partial charge in [0.1, 0.15) is 0 Å².